The van der Waals surface area contributed by atoms with Gasteiger partial charge in [0.1, 0.15) is 0 Å². The number of nitrogens with zero attached hydrogens (tertiary/aromatic N) is 1. The molecule has 0 saturated carbocycles. The maximum Gasteiger partial charge on any atom is 0.316 e. The minimum Gasteiger partial charge on any atom is -0.455 e. The van der Waals surface area contributed by atoms with Gasteiger partial charge in [-0.1, -0.05) is 18.2 Å². The van der Waals surface area contributed by atoms with Crippen LogP contribution in [0.3, 0.4) is 0 Å². The molecule has 0 spiro atoms. The molecule has 1 atom stereocenters. The van der Waals surface area contributed by atoms with Gasteiger partial charge in [0, 0.05) is 18.0 Å². The molecule has 0 N–H and O–H groups in total. The van der Waals surface area contributed by atoms with Crippen molar-refractivity contribution in [2.75, 3.05) is 30.9 Å². The highest BCUT2D eigenvalue weighted by atomic mass is 32.2. The summed E-state index contributed by atoms with van der Waals surface area (Å²) >= 11 is 1.33. The van der Waals surface area contributed by atoms with Gasteiger partial charge in [-0.15, -0.1) is 11.8 Å². The van der Waals surface area contributed by atoms with E-state index in [1.807, 2.05) is 30.3 Å². The number of ether oxygens (including phenoxy) is 1. The Kier molecular flexibility index (Phi) is 6.06. The Labute approximate surface area is 140 Å². The first-order valence-corrected chi connectivity index (χ1v) is 9.97. The van der Waals surface area contributed by atoms with Gasteiger partial charge in [0.15, 0.2) is 16.4 Å². The summed E-state index contributed by atoms with van der Waals surface area (Å²) in [7, 11) is -1.51. The van der Waals surface area contributed by atoms with Gasteiger partial charge < -0.3 is 9.64 Å². The van der Waals surface area contributed by atoms with Crippen molar-refractivity contribution in [1.82, 2.24) is 4.90 Å². The van der Waals surface area contributed by atoms with Gasteiger partial charge in [0.2, 0.25) is 0 Å². The van der Waals surface area contributed by atoms with Crippen molar-refractivity contribution in [3.05, 3.63) is 30.3 Å². The fourth-order valence-corrected chi connectivity index (χ4v) is 4.72. The number of esters is 1. The Morgan fingerprint density at radius 2 is 2.00 bits per heavy atom. The summed E-state index contributed by atoms with van der Waals surface area (Å²) in [5, 5.41) is 0. The molecule has 0 aliphatic carbocycles. The number of benzene rings is 1. The number of likely N-dealkylation sites (N-methyl/N-ethyl adjacent to an activating group) is 1. The van der Waals surface area contributed by atoms with Crippen molar-refractivity contribution in [3.8, 4) is 0 Å². The summed E-state index contributed by atoms with van der Waals surface area (Å²) in [4.78, 5) is 25.9. The van der Waals surface area contributed by atoms with Crippen molar-refractivity contribution >= 4 is 33.5 Å². The molecule has 1 aliphatic rings. The number of amides is 1. The van der Waals surface area contributed by atoms with Crippen molar-refractivity contribution in [1.29, 1.82) is 0 Å². The van der Waals surface area contributed by atoms with Crippen LogP contribution in [0.4, 0.5) is 0 Å². The van der Waals surface area contributed by atoms with Gasteiger partial charge in [0.05, 0.1) is 17.3 Å². The van der Waals surface area contributed by atoms with E-state index in [2.05, 4.69) is 0 Å². The molecule has 1 fully saturated rings. The van der Waals surface area contributed by atoms with Crippen molar-refractivity contribution in [2.24, 2.45) is 0 Å². The van der Waals surface area contributed by atoms with Crippen LogP contribution in [0.25, 0.3) is 0 Å². The third-order valence-corrected chi connectivity index (χ3v) is 6.34. The first-order valence-electron chi connectivity index (χ1n) is 7.17. The molecule has 0 bridgehead atoms. The average Bonchev–Trinajstić information content (AvgIpc) is 2.90. The minimum absolute atomic E-state index is 0.0208. The average molecular weight is 357 g/mol. The van der Waals surface area contributed by atoms with E-state index in [0.29, 0.717) is 6.42 Å². The number of hydrogen-bond acceptors (Lipinski definition) is 6. The highest BCUT2D eigenvalue weighted by Crippen LogP contribution is 2.18. The normalized spacial score (nSPS) is 19.3. The predicted molar refractivity (Wildman–Crippen MR) is 88.0 cm³/mol. The van der Waals surface area contributed by atoms with Crippen molar-refractivity contribution in [3.63, 3.8) is 0 Å². The summed E-state index contributed by atoms with van der Waals surface area (Å²) in [5.74, 6) is -0.654. The van der Waals surface area contributed by atoms with Gasteiger partial charge in [-0.2, -0.15) is 0 Å². The molecule has 0 aromatic heterocycles. The molecular formula is C15H19NO5S2. The van der Waals surface area contributed by atoms with E-state index in [-0.39, 0.29) is 35.8 Å². The molecule has 0 unspecified atom stereocenters. The molecule has 23 heavy (non-hydrogen) atoms. The lowest BCUT2D eigenvalue weighted by Gasteiger charge is -2.23. The topological polar surface area (TPSA) is 80.8 Å². The zero-order valence-corrected chi connectivity index (χ0v) is 14.4. The molecule has 8 heteroatoms. The van der Waals surface area contributed by atoms with Gasteiger partial charge in [-0.05, 0) is 18.6 Å². The van der Waals surface area contributed by atoms with Crippen molar-refractivity contribution < 1.29 is 22.7 Å². The summed E-state index contributed by atoms with van der Waals surface area (Å²) < 4.78 is 27.8. The van der Waals surface area contributed by atoms with E-state index >= 15 is 0 Å². The van der Waals surface area contributed by atoms with Crippen LogP contribution in [0.1, 0.15) is 6.42 Å². The standard InChI is InChI=1S/C15H19NO5S2/c1-16(12-7-8-23(19,20)11-12)14(17)9-21-15(18)10-22-13-5-3-2-4-6-13/h2-6,12H,7-11H2,1H3/t12-/m0/s1. The molecule has 1 aromatic carbocycles. The van der Waals surface area contributed by atoms with E-state index in [9.17, 15) is 18.0 Å². The molecule has 2 rings (SSSR count). The Bertz CT molecular complexity index is 660. The van der Waals surface area contributed by atoms with Crippen LogP contribution in [0, 0.1) is 0 Å². The predicted octanol–water partition coefficient (Wildman–Crippen LogP) is 0.967. The van der Waals surface area contributed by atoms with E-state index in [0.717, 1.165) is 4.90 Å². The smallest absolute Gasteiger partial charge is 0.316 e. The first-order chi connectivity index (χ1) is 10.9. The number of hydrogen-bond donors (Lipinski definition) is 0. The molecule has 0 radical (unpaired) electrons. The van der Waals surface area contributed by atoms with Crippen LogP contribution in [-0.4, -0.2) is 62.1 Å². The lowest BCUT2D eigenvalue weighted by atomic mass is 10.2. The second kappa shape index (κ2) is 7.83. The van der Waals surface area contributed by atoms with Crippen molar-refractivity contribution in [2.45, 2.75) is 17.4 Å². The molecular weight excluding hydrogens is 338 g/mol. The monoisotopic (exact) mass is 357 g/mol. The lowest BCUT2D eigenvalue weighted by molar-refractivity contribution is -0.150. The highest BCUT2D eigenvalue weighted by Gasteiger charge is 2.32. The number of rotatable bonds is 6. The van der Waals surface area contributed by atoms with Gasteiger partial charge >= 0.3 is 5.97 Å². The Balaban J connectivity index is 1.72. The number of carbonyl (C=O) groups excluding carboxylic acids is 2. The largest absolute Gasteiger partial charge is 0.455 e. The Morgan fingerprint density at radius 1 is 1.30 bits per heavy atom. The molecule has 1 amide bonds. The number of thioether (sulfide) groups is 1. The van der Waals surface area contributed by atoms with Crippen LogP contribution >= 0.6 is 11.8 Å². The third-order valence-electron chi connectivity index (χ3n) is 3.61. The van der Waals surface area contributed by atoms with E-state index in [4.69, 9.17) is 4.74 Å². The molecule has 1 aliphatic heterocycles. The van der Waals surface area contributed by atoms with Crippen LogP contribution in [0.5, 0.6) is 0 Å². The summed E-state index contributed by atoms with van der Waals surface area (Å²) in [5.41, 5.74) is 0. The Morgan fingerprint density at radius 3 is 2.61 bits per heavy atom. The lowest BCUT2D eigenvalue weighted by Crippen LogP contribution is -2.40. The molecule has 1 aromatic rings. The molecule has 126 valence electrons. The van der Waals surface area contributed by atoms with Crippen LogP contribution < -0.4 is 0 Å². The first kappa shape index (κ1) is 17.8. The zero-order valence-electron chi connectivity index (χ0n) is 12.8. The maximum absolute atomic E-state index is 12.0. The second-order valence-electron chi connectivity index (χ2n) is 5.32. The van der Waals surface area contributed by atoms with Gasteiger partial charge in [-0.3, -0.25) is 9.59 Å². The highest BCUT2D eigenvalue weighted by molar-refractivity contribution is 8.00. The minimum atomic E-state index is -3.05. The van der Waals surface area contributed by atoms with Gasteiger partial charge in [0.25, 0.3) is 5.91 Å². The maximum atomic E-state index is 12.0. The van der Waals surface area contributed by atoms with E-state index < -0.39 is 15.8 Å². The summed E-state index contributed by atoms with van der Waals surface area (Å²) in [6, 6.07) is 9.09. The van der Waals surface area contributed by atoms with Crippen LogP contribution in [0.2, 0.25) is 0 Å². The molecule has 1 saturated heterocycles. The number of carbonyl (C=O) groups is 2. The SMILES string of the molecule is CN(C(=O)COC(=O)CSc1ccccc1)[C@H]1CCS(=O)(=O)C1. The van der Waals surface area contributed by atoms with E-state index in [1.54, 1.807) is 7.05 Å². The zero-order chi connectivity index (χ0) is 16.9. The quantitative estimate of drug-likeness (QED) is 0.557. The summed E-state index contributed by atoms with van der Waals surface area (Å²) in [6.45, 7) is -0.360. The fourth-order valence-electron chi connectivity index (χ4n) is 2.23. The number of sulfone groups is 1. The fraction of sp³-hybridized carbons (Fsp3) is 0.467. The second-order valence-corrected chi connectivity index (χ2v) is 8.60. The summed E-state index contributed by atoms with van der Waals surface area (Å²) in [6.07, 6.45) is 0.433. The van der Waals surface area contributed by atoms with Crippen LogP contribution in [0.15, 0.2) is 35.2 Å². The third kappa shape index (κ3) is 5.54. The van der Waals surface area contributed by atoms with Gasteiger partial charge in [-0.25, -0.2) is 8.42 Å². The Hall–Kier alpha value is -1.54. The van der Waals surface area contributed by atoms with Crippen LogP contribution in [-0.2, 0) is 24.2 Å². The molecule has 6 nitrogen and oxygen atoms in total. The molecule has 1 heterocycles. The van der Waals surface area contributed by atoms with E-state index in [1.165, 1.54) is 16.7 Å².